The predicted molar refractivity (Wildman–Crippen MR) is 134 cm³/mol. The molecule has 0 spiro atoms. The minimum Gasteiger partial charge on any atom is -0.378 e. The van der Waals surface area contributed by atoms with Crippen LogP contribution in [0.1, 0.15) is 24.5 Å². The van der Waals surface area contributed by atoms with Crippen molar-refractivity contribution in [3.05, 3.63) is 65.7 Å². The van der Waals surface area contributed by atoms with E-state index in [0.29, 0.717) is 24.9 Å². The van der Waals surface area contributed by atoms with Gasteiger partial charge in [0.15, 0.2) is 5.16 Å². The van der Waals surface area contributed by atoms with E-state index in [2.05, 4.69) is 56.0 Å². The van der Waals surface area contributed by atoms with Crippen LogP contribution >= 0.6 is 11.8 Å². The van der Waals surface area contributed by atoms with Crippen molar-refractivity contribution in [3.63, 3.8) is 0 Å². The van der Waals surface area contributed by atoms with Crippen LogP contribution in [0, 0.1) is 0 Å². The van der Waals surface area contributed by atoms with Crippen LogP contribution in [0.15, 0.2) is 64.9 Å². The van der Waals surface area contributed by atoms with E-state index in [9.17, 15) is 4.79 Å². The average molecular weight is 477 g/mol. The predicted octanol–water partition coefficient (Wildman–Crippen LogP) is 3.40. The van der Waals surface area contributed by atoms with Crippen molar-refractivity contribution < 1.29 is 9.53 Å². The van der Waals surface area contributed by atoms with E-state index in [0.717, 1.165) is 48.8 Å². The van der Waals surface area contributed by atoms with E-state index in [-0.39, 0.29) is 11.7 Å². The Morgan fingerprint density at radius 1 is 1.03 bits per heavy atom. The van der Waals surface area contributed by atoms with Crippen LogP contribution in [-0.2, 0) is 16.0 Å². The van der Waals surface area contributed by atoms with E-state index in [1.807, 2.05) is 30.3 Å². The summed E-state index contributed by atoms with van der Waals surface area (Å²) in [5, 5.41) is 15.8. The highest BCUT2D eigenvalue weighted by Gasteiger charge is 2.25. The fourth-order valence-corrected chi connectivity index (χ4v) is 4.95. The van der Waals surface area contributed by atoms with Gasteiger partial charge < -0.3 is 9.64 Å². The lowest BCUT2D eigenvalue weighted by Crippen LogP contribution is -2.37. The molecule has 0 N–H and O–H groups in total. The second kappa shape index (κ2) is 10.4. The van der Waals surface area contributed by atoms with Gasteiger partial charge in [-0.25, -0.2) is 5.01 Å². The number of benzene rings is 2. The zero-order valence-corrected chi connectivity index (χ0v) is 20.1. The number of amides is 1. The lowest BCUT2D eigenvalue weighted by Gasteiger charge is -2.28. The first kappa shape index (κ1) is 22.6. The van der Waals surface area contributed by atoms with Crippen LogP contribution in [0.25, 0.3) is 5.69 Å². The van der Waals surface area contributed by atoms with Crippen molar-refractivity contribution in [2.75, 3.05) is 43.5 Å². The summed E-state index contributed by atoms with van der Waals surface area (Å²) in [7, 11) is 0. The third kappa shape index (κ3) is 4.85. The lowest BCUT2D eigenvalue weighted by atomic mass is 10.1. The summed E-state index contributed by atoms with van der Waals surface area (Å²) in [6, 6.07) is 18.4. The van der Waals surface area contributed by atoms with Gasteiger partial charge in [-0.05, 0) is 29.7 Å². The van der Waals surface area contributed by atoms with Crippen LogP contribution in [0.3, 0.4) is 0 Å². The lowest BCUT2D eigenvalue weighted by molar-refractivity contribution is -0.127. The quantitative estimate of drug-likeness (QED) is 0.487. The molecule has 0 unspecified atom stereocenters. The maximum atomic E-state index is 13.0. The van der Waals surface area contributed by atoms with Crippen molar-refractivity contribution in [1.82, 2.24) is 19.8 Å². The summed E-state index contributed by atoms with van der Waals surface area (Å²) in [5.41, 5.74) is 4.27. The Morgan fingerprint density at radius 3 is 2.65 bits per heavy atom. The molecular formula is C25H28N6O2S. The van der Waals surface area contributed by atoms with E-state index in [1.54, 1.807) is 5.01 Å². The molecule has 34 heavy (non-hydrogen) atoms. The molecule has 2 aromatic carbocycles. The smallest absolute Gasteiger partial charge is 0.253 e. The number of rotatable bonds is 7. The molecule has 1 saturated heterocycles. The molecule has 3 aromatic rings. The Balaban J connectivity index is 1.36. The van der Waals surface area contributed by atoms with Crippen LogP contribution < -0.4 is 4.90 Å². The molecule has 0 aliphatic carbocycles. The number of hydrogen-bond acceptors (Lipinski definition) is 7. The van der Waals surface area contributed by atoms with E-state index < -0.39 is 0 Å². The first-order valence-electron chi connectivity index (χ1n) is 11.7. The molecule has 9 heteroatoms. The third-order valence-corrected chi connectivity index (χ3v) is 6.92. The number of carbonyl (C=O) groups is 1. The molecule has 2 aliphatic rings. The standard InChI is InChI=1S/C25H28N6O2S/c1-2-19-7-6-10-21(17-19)31-24(29-13-15-33-16-14-29)26-27-25(31)34-18-23(32)30-12-11-22(28-30)20-8-4-3-5-9-20/h3-10,17H,2,11-16,18H2,1H3. The summed E-state index contributed by atoms with van der Waals surface area (Å²) in [6.45, 7) is 5.61. The van der Waals surface area contributed by atoms with Gasteiger partial charge in [0.2, 0.25) is 5.95 Å². The molecule has 5 rings (SSSR count). The fraction of sp³-hybridized carbons (Fsp3) is 0.360. The molecule has 3 heterocycles. The Bertz CT molecular complexity index is 1170. The van der Waals surface area contributed by atoms with Gasteiger partial charge in [-0.15, -0.1) is 10.2 Å². The molecule has 0 radical (unpaired) electrons. The molecule has 2 aliphatic heterocycles. The highest BCUT2D eigenvalue weighted by atomic mass is 32.2. The molecule has 0 atom stereocenters. The second-order valence-electron chi connectivity index (χ2n) is 8.21. The Kier molecular flexibility index (Phi) is 6.92. The van der Waals surface area contributed by atoms with Gasteiger partial charge >= 0.3 is 0 Å². The zero-order chi connectivity index (χ0) is 23.3. The molecule has 1 aromatic heterocycles. The number of anilines is 1. The van der Waals surface area contributed by atoms with E-state index in [1.165, 1.54) is 17.3 Å². The number of hydrogen-bond donors (Lipinski definition) is 0. The van der Waals surface area contributed by atoms with Gasteiger partial charge in [-0.1, -0.05) is 61.2 Å². The maximum absolute atomic E-state index is 13.0. The summed E-state index contributed by atoms with van der Waals surface area (Å²) >= 11 is 1.40. The molecule has 1 fully saturated rings. The molecule has 8 nitrogen and oxygen atoms in total. The highest BCUT2D eigenvalue weighted by Crippen LogP contribution is 2.28. The van der Waals surface area contributed by atoms with Crippen molar-refractivity contribution in [2.24, 2.45) is 5.10 Å². The maximum Gasteiger partial charge on any atom is 0.253 e. The van der Waals surface area contributed by atoms with Crippen LogP contribution in [-0.4, -0.2) is 70.0 Å². The van der Waals surface area contributed by atoms with Gasteiger partial charge in [0.05, 0.1) is 36.9 Å². The summed E-state index contributed by atoms with van der Waals surface area (Å²) in [6.07, 6.45) is 1.71. The van der Waals surface area contributed by atoms with E-state index >= 15 is 0 Å². The minimum atomic E-state index is -0.0271. The summed E-state index contributed by atoms with van der Waals surface area (Å²) in [5.74, 6) is 1.01. The summed E-state index contributed by atoms with van der Waals surface area (Å²) < 4.78 is 7.58. The van der Waals surface area contributed by atoms with Crippen molar-refractivity contribution >= 4 is 29.3 Å². The monoisotopic (exact) mass is 476 g/mol. The van der Waals surface area contributed by atoms with Crippen molar-refractivity contribution in [2.45, 2.75) is 24.9 Å². The topological polar surface area (TPSA) is 75.9 Å². The first-order valence-corrected chi connectivity index (χ1v) is 12.6. The molecule has 176 valence electrons. The molecular weight excluding hydrogens is 448 g/mol. The number of nitrogens with zero attached hydrogens (tertiary/aromatic N) is 6. The number of carbonyl (C=O) groups excluding carboxylic acids is 1. The van der Waals surface area contributed by atoms with Gasteiger partial charge in [0, 0.05) is 19.5 Å². The highest BCUT2D eigenvalue weighted by molar-refractivity contribution is 7.99. The van der Waals surface area contributed by atoms with Crippen molar-refractivity contribution in [1.29, 1.82) is 0 Å². The van der Waals surface area contributed by atoms with Gasteiger partial charge in [0.1, 0.15) is 0 Å². The number of hydrazone groups is 1. The Hall–Kier alpha value is -3.17. The largest absolute Gasteiger partial charge is 0.378 e. The third-order valence-electron chi connectivity index (χ3n) is 6.01. The Morgan fingerprint density at radius 2 is 1.85 bits per heavy atom. The average Bonchev–Trinajstić information content (AvgIpc) is 3.56. The SMILES string of the molecule is CCc1cccc(-n2c(SCC(=O)N3CCC(c4ccccc4)=N3)nnc2N2CCOCC2)c1. The number of aryl methyl sites for hydroxylation is 1. The number of morpholine rings is 1. The van der Waals surface area contributed by atoms with Crippen LogP contribution in [0.5, 0.6) is 0 Å². The van der Waals surface area contributed by atoms with Gasteiger partial charge in [0.25, 0.3) is 5.91 Å². The number of thioether (sulfide) groups is 1. The fourth-order valence-electron chi connectivity index (χ4n) is 4.14. The second-order valence-corrected chi connectivity index (χ2v) is 9.15. The first-order chi connectivity index (χ1) is 16.7. The number of aromatic nitrogens is 3. The summed E-state index contributed by atoms with van der Waals surface area (Å²) in [4.78, 5) is 15.2. The molecule has 0 saturated carbocycles. The Labute approximate surface area is 203 Å². The molecule has 0 bridgehead atoms. The van der Waals surface area contributed by atoms with Gasteiger partial charge in [-0.2, -0.15) is 5.10 Å². The van der Waals surface area contributed by atoms with Gasteiger partial charge in [-0.3, -0.25) is 9.36 Å². The zero-order valence-electron chi connectivity index (χ0n) is 19.3. The van der Waals surface area contributed by atoms with E-state index in [4.69, 9.17) is 4.74 Å². The van der Waals surface area contributed by atoms with Crippen LogP contribution in [0.4, 0.5) is 5.95 Å². The normalized spacial score (nSPS) is 16.1. The molecule has 1 amide bonds. The minimum absolute atomic E-state index is 0.0271. The van der Waals surface area contributed by atoms with Crippen molar-refractivity contribution in [3.8, 4) is 5.69 Å². The number of ether oxygens (including phenoxy) is 1. The van der Waals surface area contributed by atoms with Crippen LogP contribution in [0.2, 0.25) is 0 Å².